The van der Waals surface area contributed by atoms with Crippen LogP contribution in [0.3, 0.4) is 0 Å². The van der Waals surface area contributed by atoms with Gasteiger partial charge in [0.1, 0.15) is 6.10 Å². The molecular formula is C15H25N3O. The molecule has 2 fully saturated rings. The Balaban J connectivity index is 1.66. The molecule has 0 aliphatic heterocycles. The fourth-order valence-corrected chi connectivity index (χ4v) is 3.85. The van der Waals surface area contributed by atoms with E-state index in [0.717, 1.165) is 18.7 Å². The van der Waals surface area contributed by atoms with Gasteiger partial charge in [-0.3, -0.25) is 4.68 Å². The topological polar surface area (TPSA) is 39.1 Å². The molecule has 0 saturated heterocycles. The second-order valence-corrected chi connectivity index (χ2v) is 6.14. The van der Waals surface area contributed by atoms with E-state index in [-0.39, 0.29) is 0 Å². The summed E-state index contributed by atoms with van der Waals surface area (Å²) in [6.07, 6.45) is 11.9. The van der Waals surface area contributed by atoms with E-state index in [0.29, 0.717) is 17.6 Å². The maximum Gasteiger partial charge on any atom is 0.157 e. The van der Waals surface area contributed by atoms with Crippen molar-refractivity contribution >= 4 is 0 Å². The zero-order valence-electron chi connectivity index (χ0n) is 12.1. The van der Waals surface area contributed by atoms with Crippen molar-refractivity contribution < 1.29 is 4.74 Å². The van der Waals surface area contributed by atoms with Crippen LogP contribution in [0.2, 0.25) is 0 Å². The third-order valence-corrected chi connectivity index (χ3v) is 4.92. The van der Waals surface area contributed by atoms with E-state index in [4.69, 9.17) is 4.74 Å². The van der Waals surface area contributed by atoms with Crippen molar-refractivity contribution in [2.45, 2.75) is 57.6 Å². The van der Waals surface area contributed by atoms with Crippen molar-refractivity contribution in [2.75, 3.05) is 6.54 Å². The molecule has 0 amide bonds. The number of aryl methyl sites for hydroxylation is 1. The van der Waals surface area contributed by atoms with Crippen LogP contribution in [0.4, 0.5) is 0 Å². The van der Waals surface area contributed by atoms with Gasteiger partial charge < -0.3 is 10.1 Å². The average molecular weight is 263 g/mol. The van der Waals surface area contributed by atoms with Gasteiger partial charge in [-0.15, -0.1) is 0 Å². The minimum Gasteiger partial charge on any atom is -0.486 e. The molecule has 4 heteroatoms. The number of rotatable bonds is 5. The molecule has 1 heterocycles. The Bertz CT molecular complexity index is 423. The average Bonchev–Trinajstić information content (AvgIpc) is 3.03. The molecule has 2 aliphatic carbocycles. The van der Waals surface area contributed by atoms with Crippen molar-refractivity contribution in [2.24, 2.45) is 12.5 Å². The predicted octanol–water partition coefficient (Wildman–Crippen LogP) is 2.50. The third-order valence-electron chi connectivity index (χ3n) is 4.92. The van der Waals surface area contributed by atoms with Crippen molar-refractivity contribution in [1.82, 2.24) is 15.1 Å². The molecule has 1 spiro atoms. The lowest BCUT2D eigenvalue weighted by atomic mass is 9.60. The molecule has 2 unspecified atom stereocenters. The van der Waals surface area contributed by atoms with Gasteiger partial charge in [0.25, 0.3) is 0 Å². The minimum absolute atomic E-state index is 0.383. The highest BCUT2D eigenvalue weighted by Crippen LogP contribution is 2.54. The normalized spacial score (nSPS) is 28.5. The monoisotopic (exact) mass is 263 g/mol. The van der Waals surface area contributed by atoms with Crippen molar-refractivity contribution in [3.63, 3.8) is 0 Å². The van der Waals surface area contributed by atoms with Gasteiger partial charge in [0.05, 0.1) is 12.4 Å². The van der Waals surface area contributed by atoms with Crippen LogP contribution in [0.25, 0.3) is 0 Å². The summed E-state index contributed by atoms with van der Waals surface area (Å²) in [4.78, 5) is 0. The first-order chi connectivity index (χ1) is 9.24. The Morgan fingerprint density at radius 3 is 2.89 bits per heavy atom. The summed E-state index contributed by atoms with van der Waals surface area (Å²) in [5.74, 6) is 0.924. The highest BCUT2D eigenvalue weighted by Gasteiger charge is 2.57. The Hall–Kier alpha value is -1.03. The van der Waals surface area contributed by atoms with E-state index in [1.807, 2.05) is 24.1 Å². The zero-order valence-corrected chi connectivity index (χ0v) is 12.1. The Kier molecular flexibility index (Phi) is 3.52. The van der Waals surface area contributed by atoms with Gasteiger partial charge in [-0.05, 0) is 25.8 Å². The van der Waals surface area contributed by atoms with Crippen LogP contribution in [0.5, 0.6) is 5.75 Å². The number of nitrogens with one attached hydrogen (secondary N) is 1. The quantitative estimate of drug-likeness (QED) is 0.887. The number of hydrogen-bond donors (Lipinski definition) is 1. The Labute approximate surface area is 115 Å². The summed E-state index contributed by atoms with van der Waals surface area (Å²) in [6, 6.07) is 0.664. The standard InChI is InChI=1S/C15H25N3O/c1-3-8-16-13-9-14(15(13)6-4-5-7-15)19-12-10-17-18(2)11-12/h10-11,13-14,16H,3-9H2,1-2H3. The highest BCUT2D eigenvalue weighted by atomic mass is 16.5. The molecule has 0 radical (unpaired) electrons. The van der Waals surface area contributed by atoms with Crippen molar-refractivity contribution in [1.29, 1.82) is 0 Å². The fourth-order valence-electron chi connectivity index (χ4n) is 3.85. The largest absolute Gasteiger partial charge is 0.486 e. The Morgan fingerprint density at radius 2 is 2.26 bits per heavy atom. The molecule has 106 valence electrons. The zero-order chi connectivity index (χ0) is 13.3. The molecule has 0 bridgehead atoms. The van der Waals surface area contributed by atoms with Gasteiger partial charge in [0.2, 0.25) is 0 Å². The van der Waals surface area contributed by atoms with Crippen LogP contribution in [0, 0.1) is 5.41 Å². The lowest BCUT2D eigenvalue weighted by molar-refractivity contribution is -0.0760. The molecule has 3 rings (SSSR count). The SMILES string of the molecule is CCCNC1CC(Oc2cnn(C)c2)C12CCCC2. The predicted molar refractivity (Wildman–Crippen MR) is 75.2 cm³/mol. The van der Waals surface area contributed by atoms with E-state index >= 15 is 0 Å². The molecule has 1 N–H and O–H groups in total. The summed E-state index contributed by atoms with van der Waals surface area (Å²) < 4.78 is 8.00. The number of ether oxygens (including phenoxy) is 1. The van der Waals surface area contributed by atoms with E-state index < -0.39 is 0 Å². The molecule has 0 aromatic carbocycles. The molecule has 2 saturated carbocycles. The smallest absolute Gasteiger partial charge is 0.157 e. The minimum atomic E-state index is 0.383. The van der Waals surface area contributed by atoms with E-state index in [1.54, 1.807) is 0 Å². The molecule has 2 aliphatic rings. The molecular weight excluding hydrogens is 238 g/mol. The first-order valence-electron chi connectivity index (χ1n) is 7.63. The Morgan fingerprint density at radius 1 is 1.47 bits per heavy atom. The lowest BCUT2D eigenvalue weighted by Crippen LogP contribution is -2.63. The van der Waals surface area contributed by atoms with E-state index in [2.05, 4.69) is 17.3 Å². The molecule has 1 aromatic heterocycles. The van der Waals surface area contributed by atoms with Gasteiger partial charge in [-0.1, -0.05) is 19.8 Å². The summed E-state index contributed by atoms with van der Waals surface area (Å²) in [5.41, 5.74) is 0.394. The van der Waals surface area contributed by atoms with Crippen LogP contribution in [0.15, 0.2) is 12.4 Å². The first-order valence-corrected chi connectivity index (χ1v) is 7.63. The number of aromatic nitrogens is 2. The van der Waals surface area contributed by atoms with Crippen LogP contribution in [0.1, 0.15) is 45.4 Å². The van der Waals surface area contributed by atoms with Crippen molar-refractivity contribution in [3.05, 3.63) is 12.4 Å². The third kappa shape index (κ3) is 2.27. The lowest BCUT2D eigenvalue weighted by Gasteiger charge is -2.54. The summed E-state index contributed by atoms with van der Waals surface area (Å²) in [5, 5.41) is 7.91. The van der Waals surface area contributed by atoms with E-state index in [9.17, 15) is 0 Å². The summed E-state index contributed by atoms with van der Waals surface area (Å²) >= 11 is 0. The molecule has 1 aromatic rings. The summed E-state index contributed by atoms with van der Waals surface area (Å²) in [7, 11) is 1.94. The second-order valence-electron chi connectivity index (χ2n) is 6.14. The van der Waals surface area contributed by atoms with Gasteiger partial charge in [-0.25, -0.2) is 0 Å². The van der Waals surface area contributed by atoms with Crippen LogP contribution >= 0.6 is 0 Å². The first kappa shape index (κ1) is 13.0. The molecule has 4 nitrogen and oxygen atoms in total. The highest BCUT2D eigenvalue weighted by molar-refractivity contribution is 5.17. The number of nitrogens with zero attached hydrogens (tertiary/aromatic N) is 2. The van der Waals surface area contributed by atoms with E-state index in [1.165, 1.54) is 32.1 Å². The molecule has 2 atom stereocenters. The van der Waals surface area contributed by atoms with Crippen LogP contribution in [-0.2, 0) is 7.05 Å². The van der Waals surface area contributed by atoms with Gasteiger partial charge in [0.15, 0.2) is 5.75 Å². The van der Waals surface area contributed by atoms with Gasteiger partial charge in [-0.2, -0.15) is 5.10 Å². The van der Waals surface area contributed by atoms with Gasteiger partial charge in [0, 0.05) is 24.9 Å². The van der Waals surface area contributed by atoms with Gasteiger partial charge >= 0.3 is 0 Å². The molecule has 19 heavy (non-hydrogen) atoms. The van der Waals surface area contributed by atoms with Crippen molar-refractivity contribution in [3.8, 4) is 5.75 Å². The maximum atomic E-state index is 6.20. The summed E-state index contributed by atoms with van der Waals surface area (Å²) in [6.45, 7) is 3.36. The second kappa shape index (κ2) is 5.16. The number of hydrogen-bond acceptors (Lipinski definition) is 3. The fraction of sp³-hybridized carbons (Fsp3) is 0.800. The van der Waals surface area contributed by atoms with Crippen LogP contribution in [-0.4, -0.2) is 28.5 Å². The van der Waals surface area contributed by atoms with Crippen LogP contribution < -0.4 is 10.1 Å². The maximum absolute atomic E-state index is 6.20.